The third-order valence-electron chi connectivity index (χ3n) is 3.36. The molecule has 1 N–H and O–H groups in total. The number of ether oxygens (including phenoxy) is 1. The first-order valence-electron chi connectivity index (χ1n) is 7.00. The number of hydrogen-bond donors (Lipinski definition) is 1. The van der Waals surface area contributed by atoms with E-state index in [-0.39, 0.29) is 24.5 Å². The van der Waals surface area contributed by atoms with Crippen LogP contribution in [0.1, 0.15) is 23.5 Å². The normalized spacial score (nSPS) is 13.8. The summed E-state index contributed by atoms with van der Waals surface area (Å²) in [6.45, 7) is 3.94. The van der Waals surface area contributed by atoms with Gasteiger partial charge in [-0.25, -0.2) is 0 Å². The standard InChI is InChI=1S/C16H16N2O3S/c1-10(2)18-12-8-11(5-6-13(12)21-9-15(18)19)17-16(20)14-4-3-7-22-14/h3-8,10H,9H2,1-2H3,(H,17,20). The molecule has 2 amide bonds. The van der Waals surface area contributed by atoms with Crippen LogP contribution in [-0.4, -0.2) is 24.5 Å². The Hall–Kier alpha value is -2.34. The molecule has 0 fully saturated rings. The molecule has 0 spiro atoms. The summed E-state index contributed by atoms with van der Waals surface area (Å²) in [5.74, 6) is 0.417. The number of carbonyl (C=O) groups is 2. The lowest BCUT2D eigenvalue weighted by Gasteiger charge is -2.32. The highest BCUT2D eigenvalue weighted by Gasteiger charge is 2.28. The summed E-state index contributed by atoms with van der Waals surface area (Å²) in [5.41, 5.74) is 1.33. The molecule has 0 aliphatic carbocycles. The first-order valence-corrected chi connectivity index (χ1v) is 7.88. The topological polar surface area (TPSA) is 58.6 Å². The van der Waals surface area contributed by atoms with E-state index in [4.69, 9.17) is 4.74 Å². The fourth-order valence-corrected chi connectivity index (χ4v) is 3.03. The molecule has 1 aromatic carbocycles. The van der Waals surface area contributed by atoms with Crippen LogP contribution in [-0.2, 0) is 4.79 Å². The van der Waals surface area contributed by atoms with E-state index in [9.17, 15) is 9.59 Å². The average molecular weight is 316 g/mol. The molecule has 6 heteroatoms. The number of rotatable bonds is 3. The lowest BCUT2D eigenvalue weighted by Crippen LogP contribution is -2.43. The highest BCUT2D eigenvalue weighted by Crippen LogP contribution is 2.35. The third-order valence-corrected chi connectivity index (χ3v) is 4.23. The lowest BCUT2D eigenvalue weighted by atomic mass is 10.1. The molecule has 3 rings (SSSR count). The molecular weight excluding hydrogens is 300 g/mol. The fraction of sp³-hybridized carbons (Fsp3) is 0.250. The Morgan fingerprint density at radius 1 is 1.36 bits per heavy atom. The van der Waals surface area contributed by atoms with Crippen molar-refractivity contribution >= 4 is 34.5 Å². The van der Waals surface area contributed by atoms with Crippen LogP contribution in [0.2, 0.25) is 0 Å². The monoisotopic (exact) mass is 316 g/mol. The predicted molar refractivity (Wildman–Crippen MR) is 86.8 cm³/mol. The van der Waals surface area contributed by atoms with Crippen molar-refractivity contribution in [3.63, 3.8) is 0 Å². The quantitative estimate of drug-likeness (QED) is 0.946. The van der Waals surface area contributed by atoms with E-state index in [0.29, 0.717) is 22.0 Å². The van der Waals surface area contributed by atoms with E-state index >= 15 is 0 Å². The van der Waals surface area contributed by atoms with Crippen LogP contribution in [0.15, 0.2) is 35.7 Å². The molecule has 1 aliphatic heterocycles. The van der Waals surface area contributed by atoms with Gasteiger partial charge in [-0.3, -0.25) is 9.59 Å². The Balaban J connectivity index is 1.89. The van der Waals surface area contributed by atoms with Crippen molar-refractivity contribution in [1.29, 1.82) is 0 Å². The van der Waals surface area contributed by atoms with Crippen LogP contribution in [0.25, 0.3) is 0 Å². The van der Waals surface area contributed by atoms with E-state index < -0.39 is 0 Å². The van der Waals surface area contributed by atoms with Crippen LogP contribution in [0.4, 0.5) is 11.4 Å². The van der Waals surface area contributed by atoms with Crippen LogP contribution in [0, 0.1) is 0 Å². The Labute approximate surface area is 132 Å². The van der Waals surface area contributed by atoms with Crippen molar-refractivity contribution in [2.45, 2.75) is 19.9 Å². The maximum absolute atomic E-state index is 12.1. The Morgan fingerprint density at radius 3 is 2.86 bits per heavy atom. The Bertz CT molecular complexity index is 710. The second-order valence-corrected chi connectivity index (χ2v) is 6.21. The molecule has 0 saturated carbocycles. The largest absolute Gasteiger partial charge is 0.482 e. The van der Waals surface area contributed by atoms with E-state index in [1.165, 1.54) is 11.3 Å². The molecule has 2 aromatic rings. The highest BCUT2D eigenvalue weighted by molar-refractivity contribution is 7.12. The molecule has 0 atom stereocenters. The maximum Gasteiger partial charge on any atom is 0.265 e. The number of anilines is 2. The van der Waals surface area contributed by atoms with Crippen LogP contribution in [0.3, 0.4) is 0 Å². The molecule has 0 saturated heterocycles. The minimum atomic E-state index is -0.158. The number of amides is 2. The van der Waals surface area contributed by atoms with Gasteiger partial charge in [0.1, 0.15) is 5.75 Å². The summed E-state index contributed by atoms with van der Waals surface area (Å²) in [4.78, 5) is 26.5. The third kappa shape index (κ3) is 2.69. The van der Waals surface area contributed by atoms with Gasteiger partial charge in [-0.2, -0.15) is 0 Å². The summed E-state index contributed by atoms with van der Waals surface area (Å²) < 4.78 is 5.45. The van der Waals surface area contributed by atoms with Crippen LogP contribution < -0.4 is 15.0 Å². The van der Waals surface area contributed by atoms with Gasteiger partial charge in [-0.05, 0) is 43.5 Å². The second kappa shape index (κ2) is 5.81. The molecular formula is C16H16N2O3S. The number of fused-ring (bicyclic) bond motifs is 1. The molecule has 22 heavy (non-hydrogen) atoms. The zero-order chi connectivity index (χ0) is 15.7. The molecule has 1 aromatic heterocycles. The summed E-state index contributed by atoms with van der Waals surface area (Å²) in [6.07, 6.45) is 0. The zero-order valence-corrected chi connectivity index (χ0v) is 13.1. The highest BCUT2D eigenvalue weighted by atomic mass is 32.1. The van der Waals surface area contributed by atoms with Crippen molar-refractivity contribution in [3.8, 4) is 5.75 Å². The van der Waals surface area contributed by atoms with E-state index in [1.54, 1.807) is 29.2 Å². The molecule has 0 bridgehead atoms. The fourth-order valence-electron chi connectivity index (χ4n) is 2.42. The van der Waals surface area contributed by atoms with Gasteiger partial charge in [-0.15, -0.1) is 11.3 Å². The first kappa shape index (κ1) is 14.6. The summed E-state index contributed by atoms with van der Waals surface area (Å²) >= 11 is 1.38. The Kier molecular flexibility index (Phi) is 3.85. The van der Waals surface area contributed by atoms with E-state index in [1.807, 2.05) is 25.3 Å². The van der Waals surface area contributed by atoms with Crippen molar-refractivity contribution in [2.24, 2.45) is 0 Å². The minimum Gasteiger partial charge on any atom is -0.482 e. The van der Waals surface area contributed by atoms with Gasteiger partial charge in [0.2, 0.25) is 0 Å². The number of benzene rings is 1. The smallest absolute Gasteiger partial charge is 0.265 e. The Morgan fingerprint density at radius 2 is 2.18 bits per heavy atom. The molecule has 0 unspecified atom stereocenters. The summed E-state index contributed by atoms with van der Waals surface area (Å²) in [7, 11) is 0. The second-order valence-electron chi connectivity index (χ2n) is 5.26. The number of hydrogen-bond acceptors (Lipinski definition) is 4. The number of nitrogens with one attached hydrogen (secondary N) is 1. The number of thiophene rings is 1. The first-order chi connectivity index (χ1) is 10.6. The van der Waals surface area contributed by atoms with Crippen LogP contribution >= 0.6 is 11.3 Å². The molecule has 114 valence electrons. The van der Waals surface area contributed by atoms with Gasteiger partial charge in [-0.1, -0.05) is 6.07 Å². The van der Waals surface area contributed by atoms with Crippen molar-refractivity contribution < 1.29 is 14.3 Å². The zero-order valence-electron chi connectivity index (χ0n) is 12.3. The van der Waals surface area contributed by atoms with Crippen molar-refractivity contribution in [2.75, 3.05) is 16.8 Å². The lowest BCUT2D eigenvalue weighted by molar-refractivity contribution is -0.121. The summed E-state index contributed by atoms with van der Waals surface area (Å²) in [6, 6.07) is 8.96. The van der Waals surface area contributed by atoms with Gasteiger partial charge in [0.15, 0.2) is 6.61 Å². The van der Waals surface area contributed by atoms with E-state index in [0.717, 1.165) is 0 Å². The van der Waals surface area contributed by atoms with E-state index in [2.05, 4.69) is 5.32 Å². The van der Waals surface area contributed by atoms with Gasteiger partial charge in [0, 0.05) is 11.7 Å². The minimum absolute atomic E-state index is 0.0263. The van der Waals surface area contributed by atoms with Gasteiger partial charge in [0.05, 0.1) is 10.6 Å². The predicted octanol–water partition coefficient (Wildman–Crippen LogP) is 3.13. The molecule has 1 aliphatic rings. The van der Waals surface area contributed by atoms with Gasteiger partial charge in [0.25, 0.3) is 11.8 Å². The molecule has 0 radical (unpaired) electrons. The van der Waals surface area contributed by atoms with Crippen molar-refractivity contribution in [1.82, 2.24) is 0 Å². The van der Waals surface area contributed by atoms with Gasteiger partial charge >= 0.3 is 0 Å². The average Bonchev–Trinajstić information content (AvgIpc) is 3.00. The summed E-state index contributed by atoms with van der Waals surface area (Å²) in [5, 5.41) is 4.70. The van der Waals surface area contributed by atoms with Crippen molar-refractivity contribution in [3.05, 3.63) is 40.6 Å². The van der Waals surface area contributed by atoms with Gasteiger partial charge < -0.3 is 15.0 Å². The molecule has 5 nitrogen and oxygen atoms in total. The number of nitrogens with zero attached hydrogens (tertiary/aromatic N) is 1. The number of carbonyl (C=O) groups excluding carboxylic acids is 2. The maximum atomic E-state index is 12.1. The molecule has 2 heterocycles. The van der Waals surface area contributed by atoms with Crippen LogP contribution in [0.5, 0.6) is 5.75 Å². The SMILES string of the molecule is CC(C)N1C(=O)COc2ccc(NC(=O)c3cccs3)cc21.